The van der Waals surface area contributed by atoms with Crippen LogP contribution in [0.4, 0.5) is 0 Å². The highest BCUT2D eigenvalue weighted by Crippen LogP contribution is 2.70. The Morgan fingerprint density at radius 2 is 1.77 bits per heavy atom. The van der Waals surface area contributed by atoms with E-state index in [1.54, 1.807) is 0 Å². The molecule has 1 saturated heterocycles. The summed E-state index contributed by atoms with van der Waals surface area (Å²) >= 11 is 0. The van der Waals surface area contributed by atoms with Crippen LogP contribution in [0.2, 0.25) is 0 Å². The summed E-state index contributed by atoms with van der Waals surface area (Å²) in [4.78, 5) is 2.49. The molecule has 2 saturated carbocycles. The molecule has 2 aromatic rings. The van der Waals surface area contributed by atoms with E-state index in [2.05, 4.69) is 49.1 Å². The Balaban J connectivity index is 1.31. The largest absolute Gasteiger partial charge is 0.508 e. The monoisotopic (exact) mass is 475 g/mol. The van der Waals surface area contributed by atoms with Gasteiger partial charge in [0.25, 0.3) is 0 Å². The molecule has 6 rings (SSSR count). The van der Waals surface area contributed by atoms with Crippen molar-refractivity contribution in [2.24, 2.45) is 16.7 Å². The summed E-state index contributed by atoms with van der Waals surface area (Å²) in [5.74, 6) is 2.59. The summed E-state index contributed by atoms with van der Waals surface area (Å²) < 4.78 is 6.10. The molecular weight excluding hydrogens is 434 g/mol. The molecule has 4 aliphatic rings. The predicted molar refractivity (Wildman–Crippen MR) is 139 cm³/mol. The molecule has 3 aliphatic carbocycles. The van der Waals surface area contributed by atoms with Gasteiger partial charge in [0.15, 0.2) is 0 Å². The van der Waals surface area contributed by atoms with E-state index in [9.17, 15) is 10.2 Å². The average molecular weight is 476 g/mol. The standard InChI is InChI=1S/C31H41NO3/c1-30-14-13-22-19-23(33)7-10-25(22)29(30)26(20-31(2)27(30)11-12-28(31)34)21-5-8-24(9-6-21)35-18-17-32-15-3-4-16-32/h5-10,19,26-29,33-34H,3-4,11-18,20H2,1-2H3/t26-,27+,28+,29+,30+,31+/m1/s1. The third-order valence-corrected chi connectivity index (χ3v) is 10.4. The number of rotatable bonds is 5. The summed E-state index contributed by atoms with van der Waals surface area (Å²) in [5.41, 5.74) is 4.17. The van der Waals surface area contributed by atoms with Crippen LogP contribution in [-0.4, -0.2) is 47.5 Å². The number of nitrogens with zero attached hydrogens (tertiary/aromatic N) is 1. The maximum Gasteiger partial charge on any atom is 0.119 e. The first-order valence-electron chi connectivity index (χ1n) is 13.8. The van der Waals surface area contributed by atoms with Crippen LogP contribution in [0.5, 0.6) is 11.5 Å². The first kappa shape index (κ1) is 23.4. The van der Waals surface area contributed by atoms with Crippen molar-refractivity contribution in [3.05, 3.63) is 59.2 Å². The van der Waals surface area contributed by atoms with Gasteiger partial charge in [0.1, 0.15) is 18.1 Å². The van der Waals surface area contributed by atoms with Gasteiger partial charge in [-0.2, -0.15) is 0 Å². The van der Waals surface area contributed by atoms with Gasteiger partial charge >= 0.3 is 0 Å². The molecule has 0 unspecified atom stereocenters. The number of fused-ring (bicyclic) bond motifs is 5. The van der Waals surface area contributed by atoms with Crippen LogP contribution in [0.1, 0.15) is 80.9 Å². The minimum atomic E-state index is -0.220. The van der Waals surface area contributed by atoms with Gasteiger partial charge in [-0.1, -0.05) is 32.0 Å². The molecule has 2 N–H and O–H groups in total. The van der Waals surface area contributed by atoms with Gasteiger partial charge in [0, 0.05) is 6.54 Å². The molecule has 4 nitrogen and oxygen atoms in total. The Morgan fingerprint density at radius 3 is 2.54 bits per heavy atom. The van der Waals surface area contributed by atoms with E-state index in [0.29, 0.717) is 23.5 Å². The van der Waals surface area contributed by atoms with Crippen LogP contribution >= 0.6 is 0 Å². The average Bonchev–Trinajstić information content (AvgIpc) is 3.47. The summed E-state index contributed by atoms with van der Waals surface area (Å²) in [5, 5.41) is 21.3. The van der Waals surface area contributed by atoms with Gasteiger partial charge in [-0.15, -0.1) is 0 Å². The van der Waals surface area contributed by atoms with E-state index in [0.717, 1.165) is 51.0 Å². The molecule has 1 heterocycles. The van der Waals surface area contributed by atoms with Crippen molar-refractivity contribution < 1.29 is 14.9 Å². The molecule has 188 valence electrons. The number of phenols is 1. The highest BCUT2D eigenvalue weighted by atomic mass is 16.5. The van der Waals surface area contributed by atoms with E-state index in [4.69, 9.17) is 4.74 Å². The Kier molecular flexibility index (Phi) is 5.88. The molecule has 1 aliphatic heterocycles. The Labute approximate surface area is 210 Å². The number of hydrogen-bond acceptors (Lipinski definition) is 4. The minimum Gasteiger partial charge on any atom is -0.508 e. The topological polar surface area (TPSA) is 52.9 Å². The molecule has 0 spiro atoms. The number of ether oxygens (including phenoxy) is 1. The molecule has 2 aromatic carbocycles. The summed E-state index contributed by atoms with van der Waals surface area (Å²) in [7, 11) is 0. The number of aryl methyl sites for hydroxylation is 1. The lowest BCUT2D eigenvalue weighted by atomic mass is 9.44. The summed E-state index contributed by atoms with van der Waals surface area (Å²) in [6, 6.07) is 14.9. The molecule has 4 heteroatoms. The Bertz CT molecular complexity index is 1060. The molecule has 6 atom stereocenters. The molecule has 0 bridgehead atoms. The molecule has 35 heavy (non-hydrogen) atoms. The van der Waals surface area contributed by atoms with Gasteiger partial charge < -0.3 is 14.9 Å². The van der Waals surface area contributed by atoms with Gasteiger partial charge in [-0.05, 0) is 128 Å². The van der Waals surface area contributed by atoms with Crippen molar-refractivity contribution in [3.8, 4) is 11.5 Å². The smallest absolute Gasteiger partial charge is 0.119 e. The van der Waals surface area contributed by atoms with Crippen LogP contribution < -0.4 is 4.74 Å². The molecule has 0 aromatic heterocycles. The van der Waals surface area contributed by atoms with E-state index < -0.39 is 0 Å². The lowest BCUT2D eigenvalue weighted by Crippen LogP contribution is -2.52. The van der Waals surface area contributed by atoms with Crippen LogP contribution in [0.25, 0.3) is 0 Å². The number of likely N-dealkylation sites (tertiary alicyclic amines) is 1. The zero-order chi connectivity index (χ0) is 24.2. The first-order valence-corrected chi connectivity index (χ1v) is 13.8. The van der Waals surface area contributed by atoms with Gasteiger partial charge in [-0.3, -0.25) is 4.90 Å². The number of hydrogen-bond donors (Lipinski definition) is 2. The van der Waals surface area contributed by atoms with Gasteiger partial charge in [-0.25, -0.2) is 0 Å². The Hall–Kier alpha value is -2.04. The van der Waals surface area contributed by atoms with Gasteiger partial charge in [0.2, 0.25) is 0 Å². The zero-order valence-electron chi connectivity index (χ0n) is 21.4. The fourth-order valence-electron chi connectivity index (χ4n) is 8.68. The fraction of sp³-hybridized carbons (Fsp3) is 0.613. The predicted octanol–water partition coefficient (Wildman–Crippen LogP) is 5.87. The van der Waals surface area contributed by atoms with Crippen molar-refractivity contribution in [2.45, 2.75) is 76.7 Å². The fourth-order valence-corrected chi connectivity index (χ4v) is 8.68. The Morgan fingerprint density at radius 1 is 1.00 bits per heavy atom. The molecule has 0 amide bonds. The quantitative estimate of drug-likeness (QED) is 0.568. The number of phenolic OH excluding ortho intramolecular Hbond substituents is 1. The maximum atomic E-state index is 11.2. The van der Waals surface area contributed by atoms with Crippen molar-refractivity contribution in [2.75, 3.05) is 26.2 Å². The van der Waals surface area contributed by atoms with E-state index in [1.165, 1.54) is 42.6 Å². The zero-order valence-corrected chi connectivity index (χ0v) is 21.4. The van der Waals surface area contributed by atoms with Crippen LogP contribution in [-0.2, 0) is 6.42 Å². The second-order valence-corrected chi connectivity index (χ2v) is 12.3. The van der Waals surface area contributed by atoms with Crippen molar-refractivity contribution in [3.63, 3.8) is 0 Å². The lowest BCUT2D eigenvalue weighted by Gasteiger charge is -2.60. The number of aliphatic hydroxyl groups is 1. The SMILES string of the molecule is C[C@]12C[C@H](c3ccc(OCCN4CCCC4)cc3)[C@@H]3c4ccc(O)cc4CC[C@@]3(C)[C@@H]1CC[C@@H]2O. The first-order chi connectivity index (χ1) is 16.9. The third-order valence-electron chi connectivity index (χ3n) is 10.4. The summed E-state index contributed by atoms with van der Waals surface area (Å²) in [6.07, 6.45) is 7.58. The van der Waals surface area contributed by atoms with Gasteiger partial charge in [0.05, 0.1) is 6.10 Å². The number of aliphatic hydroxyl groups excluding tert-OH is 1. The van der Waals surface area contributed by atoms with Crippen LogP contribution in [0.15, 0.2) is 42.5 Å². The van der Waals surface area contributed by atoms with Crippen molar-refractivity contribution in [1.29, 1.82) is 0 Å². The summed E-state index contributed by atoms with van der Waals surface area (Å²) in [6.45, 7) is 9.00. The third kappa shape index (κ3) is 3.88. The normalized spacial score (nSPS) is 36.4. The number of aromatic hydroxyl groups is 1. The molecule has 0 radical (unpaired) electrons. The second kappa shape index (κ2) is 8.81. The maximum absolute atomic E-state index is 11.2. The molecule has 3 fully saturated rings. The molecular formula is C31H41NO3. The van der Waals surface area contributed by atoms with E-state index in [1.807, 2.05) is 12.1 Å². The van der Waals surface area contributed by atoms with Crippen molar-refractivity contribution >= 4 is 0 Å². The highest BCUT2D eigenvalue weighted by molar-refractivity contribution is 5.45. The number of benzene rings is 2. The lowest BCUT2D eigenvalue weighted by molar-refractivity contribution is -0.0768. The van der Waals surface area contributed by atoms with E-state index in [-0.39, 0.29) is 16.9 Å². The van der Waals surface area contributed by atoms with Crippen LogP contribution in [0, 0.1) is 16.7 Å². The van der Waals surface area contributed by atoms with Crippen LogP contribution in [0.3, 0.4) is 0 Å². The highest BCUT2D eigenvalue weighted by Gasteiger charge is 2.62. The van der Waals surface area contributed by atoms with Crippen molar-refractivity contribution in [1.82, 2.24) is 4.90 Å². The minimum absolute atomic E-state index is 0.0464. The van der Waals surface area contributed by atoms with E-state index >= 15 is 0 Å². The second-order valence-electron chi connectivity index (χ2n) is 12.3.